The smallest absolute Gasteiger partial charge is 0.224 e. The summed E-state index contributed by atoms with van der Waals surface area (Å²) in [5.41, 5.74) is 1.39. The monoisotopic (exact) mass is 412 g/mol. The van der Waals surface area contributed by atoms with Gasteiger partial charge in [0.1, 0.15) is 0 Å². The largest absolute Gasteiger partial charge is 0.343 e. The molecule has 0 saturated carbocycles. The minimum atomic E-state index is 0.207. The predicted molar refractivity (Wildman–Crippen MR) is 115 cm³/mol. The van der Waals surface area contributed by atoms with Gasteiger partial charge < -0.3 is 4.90 Å². The van der Waals surface area contributed by atoms with Crippen molar-refractivity contribution in [1.29, 1.82) is 0 Å². The molecule has 0 unspecified atom stereocenters. The second-order valence-electron chi connectivity index (χ2n) is 7.25. The van der Waals surface area contributed by atoms with Gasteiger partial charge in [0.15, 0.2) is 10.6 Å². The first kappa shape index (κ1) is 19.1. The van der Waals surface area contributed by atoms with E-state index in [0.29, 0.717) is 23.7 Å². The lowest BCUT2D eigenvalue weighted by Crippen LogP contribution is -2.39. The van der Waals surface area contributed by atoms with Gasteiger partial charge in [0.2, 0.25) is 5.91 Å². The van der Waals surface area contributed by atoms with E-state index in [0.717, 1.165) is 43.1 Å². The summed E-state index contributed by atoms with van der Waals surface area (Å²) in [6.45, 7) is 2.27. The number of rotatable bonds is 6. The number of piperidine rings is 1. The van der Waals surface area contributed by atoms with Crippen molar-refractivity contribution in [2.45, 2.75) is 32.2 Å². The standard InChI is InChI=1S/C21H24N4OS2/c26-19(10-13-25-20(22-23-21(25)27)18-7-4-14-28-18)24-11-8-17(9-12-24)15-16-5-2-1-3-6-16/h1-7,14,17H,8-13,15H2,(H,23,27). The van der Waals surface area contributed by atoms with E-state index in [4.69, 9.17) is 12.2 Å². The molecule has 1 aliphatic rings. The van der Waals surface area contributed by atoms with Crippen molar-refractivity contribution >= 4 is 29.5 Å². The second kappa shape index (κ2) is 8.84. The summed E-state index contributed by atoms with van der Waals surface area (Å²) in [5, 5.41) is 9.20. The highest BCUT2D eigenvalue weighted by Gasteiger charge is 2.23. The third-order valence-electron chi connectivity index (χ3n) is 5.38. The fraction of sp³-hybridized carbons (Fsp3) is 0.381. The summed E-state index contributed by atoms with van der Waals surface area (Å²) < 4.78 is 2.50. The Balaban J connectivity index is 1.30. The van der Waals surface area contributed by atoms with Crippen molar-refractivity contribution in [3.05, 3.63) is 58.2 Å². The predicted octanol–water partition coefficient (Wildman–Crippen LogP) is 4.54. The molecular weight excluding hydrogens is 388 g/mol. The van der Waals surface area contributed by atoms with E-state index in [-0.39, 0.29) is 5.91 Å². The van der Waals surface area contributed by atoms with Gasteiger partial charge in [-0.05, 0) is 54.4 Å². The lowest BCUT2D eigenvalue weighted by atomic mass is 9.90. The summed E-state index contributed by atoms with van der Waals surface area (Å²) in [4.78, 5) is 15.8. The Kier molecular flexibility index (Phi) is 6.02. The average Bonchev–Trinajstić information content (AvgIpc) is 3.37. The maximum absolute atomic E-state index is 12.7. The maximum Gasteiger partial charge on any atom is 0.224 e. The molecule has 0 spiro atoms. The highest BCUT2D eigenvalue weighted by atomic mass is 32.1. The summed E-state index contributed by atoms with van der Waals surface area (Å²) >= 11 is 6.98. The normalized spacial score (nSPS) is 15.1. The van der Waals surface area contributed by atoms with Gasteiger partial charge in [-0.25, -0.2) is 0 Å². The molecule has 28 heavy (non-hydrogen) atoms. The van der Waals surface area contributed by atoms with Crippen LogP contribution in [0.1, 0.15) is 24.8 Å². The van der Waals surface area contributed by atoms with Gasteiger partial charge >= 0.3 is 0 Å². The maximum atomic E-state index is 12.7. The highest BCUT2D eigenvalue weighted by molar-refractivity contribution is 7.71. The molecule has 1 aliphatic heterocycles. The number of hydrogen-bond acceptors (Lipinski definition) is 4. The molecule has 1 saturated heterocycles. The van der Waals surface area contributed by atoms with Crippen LogP contribution in [0.4, 0.5) is 0 Å². The number of benzene rings is 1. The number of H-pyrrole nitrogens is 1. The van der Waals surface area contributed by atoms with Gasteiger partial charge in [0.25, 0.3) is 0 Å². The van der Waals surface area contributed by atoms with Crippen molar-refractivity contribution in [3.63, 3.8) is 0 Å². The molecule has 7 heteroatoms. The number of aromatic nitrogens is 3. The van der Waals surface area contributed by atoms with Gasteiger partial charge in [-0.3, -0.25) is 14.5 Å². The van der Waals surface area contributed by atoms with Crippen LogP contribution < -0.4 is 0 Å². The molecule has 3 heterocycles. The molecule has 2 aromatic heterocycles. The van der Waals surface area contributed by atoms with Crippen molar-refractivity contribution in [2.24, 2.45) is 5.92 Å². The first-order valence-electron chi connectivity index (χ1n) is 9.71. The van der Waals surface area contributed by atoms with Crippen LogP contribution in [0.15, 0.2) is 47.8 Å². The molecule has 1 fully saturated rings. The van der Waals surface area contributed by atoms with Gasteiger partial charge in [0, 0.05) is 26.1 Å². The van der Waals surface area contributed by atoms with Gasteiger partial charge in [-0.15, -0.1) is 11.3 Å². The van der Waals surface area contributed by atoms with Crippen LogP contribution in [0.25, 0.3) is 10.7 Å². The molecule has 3 aromatic rings. The first-order valence-corrected chi connectivity index (χ1v) is 11.0. The minimum absolute atomic E-state index is 0.207. The SMILES string of the molecule is O=C(CCn1c(-c2cccs2)n[nH]c1=S)N1CCC(Cc2ccccc2)CC1. The number of nitrogens with one attached hydrogen (secondary N) is 1. The molecule has 5 nitrogen and oxygen atoms in total. The summed E-state index contributed by atoms with van der Waals surface area (Å²) in [5.74, 6) is 1.69. The second-order valence-corrected chi connectivity index (χ2v) is 8.58. The first-order chi connectivity index (χ1) is 13.7. The van der Waals surface area contributed by atoms with Crippen molar-refractivity contribution < 1.29 is 4.79 Å². The number of aromatic amines is 1. The Labute approximate surface area is 174 Å². The average molecular weight is 413 g/mol. The zero-order valence-electron chi connectivity index (χ0n) is 15.7. The fourth-order valence-corrected chi connectivity index (χ4v) is 4.76. The van der Waals surface area contributed by atoms with E-state index in [9.17, 15) is 4.79 Å². The molecule has 0 atom stereocenters. The molecule has 0 bridgehead atoms. The number of carbonyl (C=O) groups excluding carboxylic acids is 1. The zero-order valence-corrected chi connectivity index (χ0v) is 17.3. The number of carbonyl (C=O) groups is 1. The van der Waals surface area contributed by atoms with Crippen LogP contribution in [0.5, 0.6) is 0 Å². The van der Waals surface area contributed by atoms with Crippen LogP contribution in [0.2, 0.25) is 0 Å². The number of nitrogens with zero attached hydrogens (tertiary/aromatic N) is 3. The van der Waals surface area contributed by atoms with Crippen LogP contribution in [0, 0.1) is 10.7 Å². The van der Waals surface area contributed by atoms with E-state index in [2.05, 4.69) is 40.5 Å². The molecule has 0 aliphatic carbocycles. The van der Waals surface area contributed by atoms with E-state index in [1.807, 2.05) is 27.0 Å². The van der Waals surface area contributed by atoms with Crippen LogP contribution in [-0.2, 0) is 17.8 Å². The van der Waals surface area contributed by atoms with Crippen molar-refractivity contribution in [1.82, 2.24) is 19.7 Å². The van der Waals surface area contributed by atoms with Gasteiger partial charge in [0.05, 0.1) is 4.88 Å². The summed E-state index contributed by atoms with van der Waals surface area (Å²) in [6, 6.07) is 14.6. The van der Waals surface area contributed by atoms with E-state index in [1.54, 1.807) is 11.3 Å². The van der Waals surface area contributed by atoms with Crippen LogP contribution >= 0.6 is 23.6 Å². The molecule has 1 aromatic carbocycles. The van der Waals surface area contributed by atoms with E-state index >= 15 is 0 Å². The van der Waals surface area contributed by atoms with Crippen LogP contribution in [0.3, 0.4) is 0 Å². The third kappa shape index (κ3) is 4.42. The number of likely N-dealkylation sites (tertiary alicyclic amines) is 1. The van der Waals surface area contributed by atoms with Gasteiger partial charge in [-0.1, -0.05) is 36.4 Å². The Bertz CT molecular complexity index is 954. The quantitative estimate of drug-likeness (QED) is 0.605. The van der Waals surface area contributed by atoms with Crippen molar-refractivity contribution in [2.75, 3.05) is 13.1 Å². The topological polar surface area (TPSA) is 53.9 Å². The van der Waals surface area contributed by atoms with Gasteiger partial charge in [-0.2, -0.15) is 5.10 Å². The number of amides is 1. The zero-order chi connectivity index (χ0) is 19.3. The van der Waals surface area contributed by atoms with E-state index in [1.165, 1.54) is 5.56 Å². The fourth-order valence-electron chi connectivity index (χ4n) is 3.82. The molecule has 4 rings (SSSR count). The van der Waals surface area contributed by atoms with Crippen molar-refractivity contribution in [3.8, 4) is 10.7 Å². The minimum Gasteiger partial charge on any atom is -0.343 e. The van der Waals surface area contributed by atoms with Crippen LogP contribution in [-0.4, -0.2) is 38.7 Å². The lowest BCUT2D eigenvalue weighted by molar-refractivity contribution is -0.132. The Hall–Kier alpha value is -2.25. The third-order valence-corrected chi connectivity index (χ3v) is 6.56. The van der Waals surface area contributed by atoms with E-state index < -0.39 is 0 Å². The Morgan fingerprint density at radius 3 is 2.68 bits per heavy atom. The molecular formula is C21H24N4OS2. The number of thiophene rings is 1. The molecule has 0 radical (unpaired) electrons. The molecule has 146 valence electrons. The summed E-state index contributed by atoms with van der Waals surface area (Å²) in [7, 11) is 0. The molecule has 1 amide bonds. The molecule has 1 N–H and O–H groups in total. The number of hydrogen-bond donors (Lipinski definition) is 1. The summed E-state index contributed by atoms with van der Waals surface area (Å²) in [6.07, 6.45) is 3.71. The lowest BCUT2D eigenvalue weighted by Gasteiger charge is -2.32. The highest BCUT2D eigenvalue weighted by Crippen LogP contribution is 2.24. The Morgan fingerprint density at radius 1 is 1.18 bits per heavy atom. The Morgan fingerprint density at radius 2 is 1.96 bits per heavy atom.